The van der Waals surface area contributed by atoms with Gasteiger partial charge in [-0.25, -0.2) is 0 Å². The molecule has 0 bridgehead atoms. The zero-order valence-corrected chi connectivity index (χ0v) is 22.5. The summed E-state index contributed by atoms with van der Waals surface area (Å²) in [6, 6.07) is 49.9. The lowest BCUT2D eigenvalue weighted by molar-refractivity contribution is 1.16. The normalized spacial score (nSPS) is 11.3. The van der Waals surface area contributed by atoms with E-state index in [9.17, 15) is 10.5 Å². The molecule has 0 N–H and O–H groups in total. The predicted molar refractivity (Wildman–Crippen MR) is 170 cm³/mol. The van der Waals surface area contributed by atoms with Crippen LogP contribution >= 0.6 is 0 Å². The molecular weight excluding hydrogens is 512 g/mol. The Labute approximate surface area is 242 Å². The molecule has 194 valence electrons. The van der Waals surface area contributed by atoms with E-state index in [-0.39, 0.29) is 0 Å². The first-order chi connectivity index (χ1) is 20.8. The lowest BCUT2D eigenvalue weighted by Gasteiger charge is -2.17. The molecular formula is C38H22N4. The topological polar surface area (TPSA) is 57.4 Å². The van der Waals surface area contributed by atoms with E-state index in [2.05, 4.69) is 88.0 Å². The molecule has 0 radical (unpaired) electrons. The maximum atomic E-state index is 10.5. The first-order valence-corrected chi connectivity index (χ1v) is 13.8. The number of hydrogen-bond donors (Lipinski definition) is 0. The van der Waals surface area contributed by atoms with Crippen molar-refractivity contribution in [1.82, 2.24) is 9.13 Å². The molecule has 8 rings (SSSR count). The van der Waals surface area contributed by atoms with Gasteiger partial charge in [0.2, 0.25) is 0 Å². The van der Waals surface area contributed by atoms with E-state index in [0.29, 0.717) is 11.1 Å². The van der Waals surface area contributed by atoms with Gasteiger partial charge in [-0.15, -0.1) is 0 Å². The lowest BCUT2D eigenvalue weighted by atomic mass is 9.95. The standard InChI is InChI=1S/C38H22N4/c39-23-25-10-9-15-33(38(25)42-36-18-7-3-13-31(36)32-14-4-8-19-37(32)42)28-21-20-27(22-26(28)24-40)41-34-16-5-1-11-29(34)30-12-2-6-17-35(30)41/h1-22H. The molecule has 8 aromatic rings. The van der Waals surface area contributed by atoms with Gasteiger partial charge in [-0.05, 0) is 42.5 Å². The van der Waals surface area contributed by atoms with Gasteiger partial charge in [0, 0.05) is 38.4 Å². The van der Waals surface area contributed by atoms with E-state index in [1.54, 1.807) is 0 Å². The van der Waals surface area contributed by atoms with Crippen LogP contribution < -0.4 is 0 Å². The van der Waals surface area contributed by atoms with Gasteiger partial charge in [0.05, 0.1) is 45.0 Å². The summed E-state index contributed by atoms with van der Waals surface area (Å²) in [5, 5.41) is 25.4. The van der Waals surface area contributed by atoms with E-state index in [4.69, 9.17) is 0 Å². The Kier molecular flexibility index (Phi) is 5.22. The fourth-order valence-corrected chi connectivity index (χ4v) is 6.45. The third kappa shape index (κ3) is 3.33. The Morgan fingerprint density at radius 3 is 1.38 bits per heavy atom. The van der Waals surface area contributed by atoms with Crippen LogP contribution in [0.2, 0.25) is 0 Å². The number of hydrogen-bond acceptors (Lipinski definition) is 2. The average molecular weight is 535 g/mol. The highest BCUT2D eigenvalue weighted by Crippen LogP contribution is 2.40. The lowest BCUT2D eigenvalue weighted by Crippen LogP contribution is -2.02. The van der Waals surface area contributed by atoms with Crippen LogP contribution in [0, 0.1) is 22.7 Å². The monoisotopic (exact) mass is 534 g/mol. The number of aromatic nitrogens is 2. The number of nitriles is 2. The Bertz CT molecular complexity index is 2340. The van der Waals surface area contributed by atoms with Crippen LogP contribution in [-0.4, -0.2) is 9.13 Å². The molecule has 0 unspecified atom stereocenters. The van der Waals surface area contributed by atoms with Crippen LogP contribution in [0.3, 0.4) is 0 Å². The molecule has 0 saturated heterocycles. The second-order valence-electron chi connectivity index (χ2n) is 10.4. The van der Waals surface area contributed by atoms with Gasteiger partial charge in [0.25, 0.3) is 0 Å². The van der Waals surface area contributed by atoms with Crippen molar-refractivity contribution < 1.29 is 0 Å². The number of benzene rings is 6. The minimum atomic E-state index is 0.548. The zero-order valence-electron chi connectivity index (χ0n) is 22.5. The van der Waals surface area contributed by atoms with Crippen LogP contribution in [0.15, 0.2) is 133 Å². The second-order valence-corrected chi connectivity index (χ2v) is 10.4. The van der Waals surface area contributed by atoms with E-state index in [0.717, 1.165) is 55.3 Å². The summed E-state index contributed by atoms with van der Waals surface area (Å²) in [5.74, 6) is 0. The van der Waals surface area contributed by atoms with Crippen LogP contribution in [0.1, 0.15) is 11.1 Å². The van der Waals surface area contributed by atoms with Gasteiger partial charge in [-0.2, -0.15) is 10.5 Å². The predicted octanol–water partition coefficient (Wildman–Crippen LogP) is 9.29. The second kappa shape index (κ2) is 9.24. The van der Waals surface area contributed by atoms with E-state index in [1.807, 2.05) is 66.7 Å². The number of nitrogens with zero attached hydrogens (tertiary/aromatic N) is 4. The van der Waals surface area contributed by atoms with E-state index >= 15 is 0 Å². The van der Waals surface area contributed by atoms with Gasteiger partial charge in [0.15, 0.2) is 0 Å². The van der Waals surface area contributed by atoms with Gasteiger partial charge in [-0.1, -0.05) is 91.0 Å². The summed E-state index contributed by atoms with van der Waals surface area (Å²) >= 11 is 0. The molecule has 2 aromatic heterocycles. The van der Waals surface area contributed by atoms with Crippen molar-refractivity contribution in [2.45, 2.75) is 0 Å². The first kappa shape index (κ1) is 23.8. The molecule has 0 amide bonds. The zero-order chi connectivity index (χ0) is 28.2. The van der Waals surface area contributed by atoms with Gasteiger partial charge >= 0.3 is 0 Å². The summed E-state index contributed by atoms with van der Waals surface area (Å²) in [4.78, 5) is 0. The van der Waals surface area contributed by atoms with Crippen molar-refractivity contribution in [2.24, 2.45) is 0 Å². The Balaban J connectivity index is 1.41. The Hall–Kier alpha value is -6.10. The number of rotatable bonds is 3. The smallest absolute Gasteiger partial charge is 0.101 e. The molecule has 42 heavy (non-hydrogen) atoms. The van der Waals surface area contributed by atoms with Crippen LogP contribution in [-0.2, 0) is 0 Å². The van der Waals surface area contributed by atoms with Crippen molar-refractivity contribution in [2.75, 3.05) is 0 Å². The molecule has 4 nitrogen and oxygen atoms in total. The SMILES string of the molecule is N#Cc1cc(-n2c3ccccc3c3ccccc32)ccc1-c1cccc(C#N)c1-n1c2ccccc2c2ccccc21. The van der Waals surface area contributed by atoms with Crippen molar-refractivity contribution in [3.63, 3.8) is 0 Å². The highest BCUT2D eigenvalue weighted by atomic mass is 15.0. The molecule has 0 saturated carbocycles. The number of para-hydroxylation sites is 5. The van der Waals surface area contributed by atoms with Crippen molar-refractivity contribution in [1.29, 1.82) is 10.5 Å². The van der Waals surface area contributed by atoms with Crippen molar-refractivity contribution in [3.05, 3.63) is 145 Å². The summed E-state index contributed by atoms with van der Waals surface area (Å²) in [6.07, 6.45) is 0. The molecule has 6 aromatic carbocycles. The summed E-state index contributed by atoms with van der Waals surface area (Å²) in [6.45, 7) is 0. The maximum absolute atomic E-state index is 10.5. The highest BCUT2D eigenvalue weighted by Gasteiger charge is 2.21. The third-order valence-corrected chi connectivity index (χ3v) is 8.21. The fourth-order valence-electron chi connectivity index (χ4n) is 6.45. The fraction of sp³-hybridized carbons (Fsp3) is 0. The molecule has 4 heteroatoms. The highest BCUT2D eigenvalue weighted by molar-refractivity contribution is 6.11. The minimum Gasteiger partial charge on any atom is -0.309 e. The Morgan fingerprint density at radius 1 is 0.405 bits per heavy atom. The molecule has 0 aliphatic carbocycles. The molecule has 0 aliphatic heterocycles. The van der Waals surface area contributed by atoms with Gasteiger partial charge < -0.3 is 9.13 Å². The maximum Gasteiger partial charge on any atom is 0.101 e. The molecule has 2 heterocycles. The van der Waals surface area contributed by atoms with E-state index < -0.39 is 0 Å². The molecule has 0 fully saturated rings. The minimum absolute atomic E-state index is 0.548. The quantitative estimate of drug-likeness (QED) is 0.227. The van der Waals surface area contributed by atoms with E-state index in [1.165, 1.54) is 10.8 Å². The van der Waals surface area contributed by atoms with Crippen molar-refractivity contribution >= 4 is 43.6 Å². The van der Waals surface area contributed by atoms with Crippen LogP contribution in [0.4, 0.5) is 0 Å². The van der Waals surface area contributed by atoms with Crippen LogP contribution in [0.25, 0.3) is 66.1 Å². The molecule has 0 spiro atoms. The summed E-state index contributed by atoms with van der Waals surface area (Å²) in [7, 11) is 0. The van der Waals surface area contributed by atoms with Gasteiger partial charge in [-0.3, -0.25) is 0 Å². The van der Waals surface area contributed by atoms with Gasteiger partial charge in [0.1, 0.15) is 6.07 Å². The first-order valence-electron chi connectivity index (χ1n) is 13.8. The van der Waals surface area contributed by atoms with Crippen molar-refractivity contribution in [3.8, 4) is 34.6 Å². The third-order valence-electron chi connectivity index (χ3n) is 8.21. The van der Waals surface area contributed by atoms with Crippen LogP contribution in [0.5, 0.6) is 0 Å². The summed E-state index contributed by atoms with van der Waals surface area (Å²) in [5.41, 5.74) is 8.63. The molecule has 0 atom stereocenters. The average Bonchev–Trinajstić information content (AvgIpc) is 3.57. The molecule has 0 aliphatic rings. The number of fused-ring (bicyclic) bond motifs is 6. The largest absolute Gasteiger partial charge is 0.309 e. The Morgan fingerprint density at radius 2 is 0.881 bits per heavy atom. The summed E-state index contributed by atoms with van der Waals surface area (Å²) < 4.78 is 4.38.